The second kappa shape index (κ2) is 3.81. The van der Waals surface area contributed by atoms with Gasteiger partial charge < -0.3 is 0 Å². The zero-order valence-electron chi connectivity index (χ0n) is 9.01. The molecule has 1 heterocycles. The molecule has 76 valence electrons. The predicted octanol–water partition coefficient (Wildman–Crippen LogP) is 3.01. The predicted molar refractivity (Wildman–Crippen MR) is 62.1 cm³/mol. The molecule has 1 aromatic rings. The Morgan fingerprint density at radius 2 is 2.00 bits per heavy atom. The van der Waals surface area contributed by atoms with Crippen LogP contribution in [0.15, 0.2) is 49.0 Å². The Morgan fingerprint density at radius 1 is 1.13 bits per heavy atom. The van der Waals surface area contributed by atoms with Crippen molar-refractivity contribution in [1.29, 1.82) is 0 Å². The van der Waals surface area contributed by atoms with E-state index in [1.54, 1.807) is 12.5 Å². The minimum atomic E-state index is 0.0118. The largest absolute Gasteiger partial charge is 0.245 e. The van der Waals surface area contributed by atoms with Crippen molar-refractivity contribution in [3.8, 4) is 0 Å². The van der Waals surface area contributed by atoms with Crippen molar-refractivity contribution >= 4 is 5.57 Å². The fraction of sp³-hybridized carbons (Fsp3) is 0.231. The van der Waals surface area contributed by atoms with Gasteiger partial charge in [0.05, 0.1) is 5.69 Å². The summed E-state index contributed by atoms with van der Waals surface area (Å²) in [5.41, 5.74) is 2.22. The lowest BCUT2D eigenvalue weighted by Crippen LogP contribution is -2.11. The zero-order valence-corrected chi connectivity index (χ0v) is 9.01. The van der Waals surface area contributed by atoms with Crippen molar-refractivity contribution in [3.63, 3.8) is 0 Å². The lowest BCUT2D eigenvalue weighted by molar-refractivity contribution is 0.647. The number of nitrogens with zero attached hydrogens (tertiary/aromatic N) is 2. The third kappa shape index (κ3) is 2.04. The normalized spacial score (nSPS) is 18.4. The highest BCUT2D eigenvalue weighted by Crippen LogP contribution is 2.35. The van der Waals surface area contributed by atoms with Gasteiger partial charge in [0, 0.05) is 11.6 Å². The standard InChI is InChI=1S/C13H14N2/c1-13(2)8-5-3-4-6-11(13)12-7-9-14-10-15-12/h3-10H,1-2H3. The van der Waals surface area contributed by atoms with Gasteiger partial charge in [0.15, 0.2) is 0 Å². The van der Waals surface area contributed by atoms with Crippen LogP contribution in [0, 0.1) is 5.41 Å². The first-order valence-electron chi connectivity index (χ1n) is 5.03. The molecule has 0 saturated heterocycles. The summed E-state index contributed by atoms with van der Waals surface area (Å²) in [6, 6.07) is 1.95. The van der Waals surface area contributed by atoms with Crippen molar-refractivity contribution < 1.29 is 0 Å². The van der Waals surface area contributed by atoms with Gasteiger partial charge in [-0.05, 0) is 11.6 Å². The summed E-state index contributed by atoms with van der Waals surface area (Å²) >= 11 is 0. The summed E-state index contributed by atoms with van der Waals surface area (Å²) in [5, 5.41) is 0. The van der Waals surface area contributed by atoms with Crippen LogP contribution in [0.5, 0.6) is 0 Å². The van der Waals surface area contributed by atoms with Crippen LogP contribution in [-0.4, -0.2) is 9.97 Å². The lowest BCUT2D eigenvalue weighted by atomic mass is 9.82. The van der Waals surface area contributed by atoms with Gasteiger partial charge in [0.1, 0.15) is 6.33 Å². The summed E-state index contributed by atoms with van der Waals surface area (Å²) in [6.07, 6.45) is 13.8. The lowest BCUT2D eigenvalue weighted by Gasteiger charge is -2.23. The molecule has 0 radical (unpaired) electrons. The third-order valence-corrected chi connectivity index (χ3v) is 2.55. The molecule has 0 bridgehead atoms. The van der Waals surface area contributed by atoms with Crippen molar-refractivity contribution in [3.05, 3.63) is 54.7 Å². The van der Waals surface area contributed by atoms with Gasteiger partial charge >= 0.3 is 0 Å². The van der Waals surface area contributed by atoms with Crippen LogP contribution >= 0.6 is 0 Å². The summed E-state index contributed by atoms with van der Waals surface area (Å²) in [6.45, 7) is 4.37. The molecule has 0 atom stereocenters. The molecule has 0 aliphatic heterocycles. The van der Waals surface area contributed by atoms with E-state index in [2.05, 4.69) is 42.0 Å². The molecule has 15 heavy (non-hydrogen) atoms. The molecule has 0 N–H and O–H groups in total. The topological polar surface area (TPSA) is 25.8 Å². The molecule has 0 fully saturated rings. The smallest absolute Gasteiger partial charge is 0.116 e. The average Bonchev–Trinajstić information content (AvgIpc) is 2.40. The van der Waals surface area contributed by atoms with E-state index >= 15 is 0 Å². The molecule has 0 unspecified atom stereocenters. The Morgan fingerprint density at radius 3 is 2.73 bits per heavy atom. The quantitative estimate of drug-likeness (QED) is 0.693. The second-order valence-electron chi connectivity index (χ2n) is 4.14. The van der Waals surface area contributed by atoms with Crippen LogP contribution in [0.25, 0.3) is 5.57 Å². The fourth-order valence-electron chi connectivity index (χ4n) is 1.68. The first-order valence-corrected chi connectivity index (χ1v) is 5.03. The Bertz CT molecular complexity index is 425. The maximum absolute atomic E-state index is 4.29. The molecule has 0 amide bonds. The molecule has 1 aliphatic carbocycles. The van der Waals surface area contributed by atoms with Gasteiger partial charge in [-0.1, -0.05) is 44.2 Å². The molecule has 0 aromatic carbocycles. The van der Waals surface area contributed by atoms with E-state index in [4.69, 9.17) is 0 Å². The van der Waals surface area contributed by atoms with E-state index < -0.39 is 0 Å². The molecular formula is C13H14N2. The van der Waals surface area contributed by atoms with Crippen molar-refractivity contribution in [1.82, 2.24) is 9.97 Å². The van der Waals surface area contributed by atoms with E-state index in [1.807, 2.05) is 18.2 Å². The molecule has 2 heteroatoms. The van der Waals surface area contributed by atoms with Crippen molar-refractivity contribution in [2.75, 3.05) is 0 Å². The minimum absolute atomic E-state index is 0.0118. The van der Waals surface area contributed by atoms with E-state index in [-0.39, 0.29) is 5.41 Å². The van der Waals surface area contributed by atoms with Crippen LogP contribution in [0.4, 0.5) is 0 Å². The van der Waals surface area contributed by atoms with Gasteiger partial charge in [-0.2, -0.15) is 0 Å². The van der Waals surface area contributed by atoms with Crippen LogP contribution in [0.2, 0.25) is 0 Å². The Kier molecular flexibility index (Phi) is 2.50. The average molecular weight is 198 g/mol. The molecule has 1 aromatic heterocycles. The number of allylic oxidation sites excluding steroid dienone is 6. The van der Waals surface area contributed by atoms with Gasteiger partial charge in [0.2, 0.25) is 0 Å². The number of hydrogen-bond donors (Lipinski definition) is 0. The molecule has 0 spiro atoms. The highest BCUT2D eigenvalue weighted by molar-refractivity contribution is 5.71. The van der Waals surface area contributed by atoms with E-state index in [1.165, 1.54) is 5.57 Å². The maximum Gasteiger partial charge on any atom is 0.116 e. The SMILES string of the molecule is CC1(C)C=CC=CC=C1c1ccncn1. The van der Waals surface area contributed by atoms with Crippen LogP contribution in [-0.2, 0) is 0 Å². The number of rotatable bonds is 1. The van der Waals surface area contributed by atoms with E-state index in [0.29, 0.717) is 0 Å². The Labute approximate surface area is 90.1 Å². The second-order valence-corrected chi connectivity index (χ2v) is 4.14. The molecule has 2 rings (SSSR count). The van der Waals surface area contributed by atoms with Gasteiger partial charge in [-0.15, -0.1) is 0 Å². The minimum Gasteiger partial charge on any atom is -0.245 e. The number of hydrogen-bond acceptors (Lipinski definition) is 2. The van der Waals surface area contributed by atoms with E-state index in [9.17, 15) is 0 Å². The van der Waals surface area contributed by atoms with Crippen LogP contribution in [0.3, 0.4) is 0 Å². The summed E-state index contributed by atoms with van der Waals surface area (Å²) in [5.74, 6) is 0. The van der Waals surface area contributed by atoms with Crippen LogP contribution in [0.1, 0.15) is 19.5 Å². The summed E-state index contributed by atoms with van der Waals surface area (Å²) in [4.78, 5) is 8.23. The first-order chi connectivity index (χ1) is 7.20. The molecule has 1 aliphatic rings. The van der Waals surface area contributed by atoms with Crippen molar-refractivity contribution in [2.24, 2.45) is 5.41 Å². The summed E-state index contributed by atoms with van der Waals surface area (Å²) < 4.78 is 0. The van der Waals surface area contributed by atoms with Gasteiger partial charge in [-0.25, -0.2) is 9.97 Å². The molecule has 2 nitrogen and oxygen atoms in total. The molecular weight excluding hydrogens is 184 g/mol. The molecule has 0 saturated carbocycles. The maximum atomic E-state index is 4.29. The summed E-state index contributed by atoms with van der Waals surface area (Å²) in [7, 11) is 0. The monoisotopic (exact) mass is 198 g/mol. The Hall–Kier alpha value is -1.70. The third-order valence-electron chi connectivity index (χ3n) is 2.55. The first kappa shape index (κ1) is 9.84. The Balaban J connectivity index is 2.48. The van der Waals surface area contributed by atoms with Gasteiger partial charge in [0.25, 0.3) is 0 Å². The zero-order chi connectivity index (χ0) is 10.7. The highest BCUT2D eigenvalue weighted by Gasteiger charge is 2.22. The fourth-order valence-corrected chi connectivity index (χ4v) is 1.68. The number of aromatic nitrogens is 2. The van der Waals surface area contributed by atoms with E-state index in [0.717, 1.165) is 5.69 Å². The van der Waals surface area contributed by atoms with Crippen molar-refractivity contribution in [2.45, 2.75) is 13.8 Å². The van der Waals surface area contributed by atoms with Crippen LogP contribution < -0.4 is 0 Å². The highest BCUT2D eigenvalue weighted by atomic mass is 14.8. The van der Waals surface area contributed by atoms with Gasteiger partial charge in [-0.3, -0.25) is 0 Å².